The molecule has 2 heterocycles. The summed E-state index contributed by atoms with van der Waals surface area (Å²) in [5.74, 6) is 1.62. The van der Waals surface area contributed by atoms with E-state index in [2.05, 4.69) is 11.1 Å². The van der Waals surface area contributed by atoms with E-state index in [4.69, 9.17) is 14.1 Å². The molecule has 0 amide bonds. The Morgan fingerprint density at radius 3 is 3.00 bits per heavy atom. The smallest absolute Gasteiger partial charge is 0.190 e. The number of allylic oxidation sites excluding steroid dienone is 1. The fraction of sp³-hybridized carbons (Fsp3) is 0.118. The van der Waals surface area contributed by atoms with Crippen LogP contribution in [0.2, 0.25) is 0 Å². The van der Waals surface area contributed by atoms with E-state index in [0.717, 1.165) is 27.7 Å². The van der Waals surface area contributed by atoms with Crippen LogP contribution in [0, 0.1) is 0 Å². The lowest BCUT2D eigenvalue weighted by Crippen LogP contribution is -2.14. The second-order valence-corrected chi connectivity index (χ2v) is 5.43. The molecule has 0 aliphatic rings. The van der Waals surface area contributed by atoms with E-state index in [0.29, 0.717) is 6.54 Å². The first-order valence-electron chi connectivity index (χ1n) is 6.83. The summed E-state index contributed by atoms with van der Waals surface area (Å²) < 4.78 is 12.8. The van der Waals surface area contributed by atoms with Gasteiger partial charge in [0.15, 0.2) is 10.6 Å². The third kappa shape index (κ3) is 2.89. The molecule has 0 saturated carbocycles. The maximum Gasteiger partial charge on any atom is 0.190 e. The number of nitrogens with zero attached hydrogens (tertiary/aromatic N) is 2. The van der Waals surface area contributed by atoms with E-state index in [1.165, 1.54) is 0 Å². The van der Waals surface area contributed by atoms with Gasteiger partial charge in [-0.1, -0.05) is 12.1 Å². The average Bonchev–Trinajstić information content (AvgIpc) is 3.18. The van der Waals surface area contributed by atoms with Crippen molar-refractivity contribution < 1.29 is 9.15 Å². The molecule has 2 aromatic heterocycles. The number of hydrogen-bond donors (Lipinski definition) is 0. The molecule has 112 valence electrons. The zero-order valence-electron chi connectivity index (χ0n) is 12.2. The van der Waals surface area contributed by atoms with E-state index >= 15 is 0 Å². The summed E-state index contributed by atoms with van der Waals surface area (Å²) in [5, 5.41) is 2.04. The normalized spacial score (nSPS) is 11.6. The van der Waals surface area contributed by atoms with Gasteiger partial charge in [0.05, 0.1) is 24.8 Å². The minimum atomic E-state index is 0.669. The van der Waals surface area contributed by atoms with Crippen molar-refractivity contribution in [3.8, 4) is 17.2 Å². The molecule has 3 aromatic rings. The number of aromatic nitrogens is 1. The van der Waals surface area contributed by atoms with Crippen molar-refractivity contribution in [1.82, 2.24) is 4.57 Å². The van der Waals surface area contributed by atoms with Crippen LogP contribution in [0.1, 0.15) is 0 Å². The molecule has 0 atom stereocenters. The lowest BCUT2D eigenvalue weighted by atomic mass is 10.3. The van der Waals surface area contributed by atoms with Gasteiger partial charge in [-0.3, -0.25) is 0 Å². The van der Waals surface area contributed by atoms with Gasteiger partial charge in [-0.2, -0.15) is 0 Å². The van der Waals surface area contributed by atoms with Crippen molar-refractivity contribution >= 4 is 17.0 Å². The lowest BCUT2D eigenvalue weighted by molar-refractivity contribution is 0.415. The van der Waals surface area contributed by atoms with Crippen molar-refractivity contribution in [2.24, 2.45) is 4.99 Å². The molecule has 0 saturated heterocycles. The van der Waals surface area contributed by atoms with Crippen molar-refractivity contribution in [2.75, 3.05) is 7.11 Å². The Bertz CT molecular complexity index is 828. The number of furan rings is 1. The second kappa shape index (κ2) is 6.49. The molecule has 0 aliphatic heterocycles. The molecule has 4 nitrogen and oxygen atoms in total. The SMILES string of the molecule is C=CCn1c(-c2ccco2)csc1=Nc1cccc(OC)c1. The molecule has 0 bridgehead atoms. The van der Waals surface area contributed by atoms with Gasteiger partial charge in [-0.25, -0.2) is 4.99 Å². The molecule has 0 N–H and O–H groups in total. The Balaban J connectivity index is 2.10. The minimum Gasteiger partial charge on any atom is -0.497 e. The Hall–Kier alpha value is -2.53. The van der Waals surface area contributed by atoms with E-state index in [9.17, 15) is 0 Å². The van der Waals surface area contributed by atoms with Crippen LogP contribution in [-0.4, -0.2) is 11.7 Å². The Labute approximate surface area is 132 Å². The summed E-state index contributed by atoms with van der Waals surface area (Å²) in [6.45, 7) is 4.49. The molecule has 0 unspecified atom stereocenters. The first-order valence-corrected chi connectivity index (χ1v) is 7.71. The number of benzene rings is 1. The third-order valence-corrected chi connectivity index (χ3v) is 4.02. The number of hydrogen-bond acceptors (Lipinski definition) is 4. The maximum atomic E-state index is 5.50. The van der Waals surface area contributed by atoms with Gasteiger partial charge in [-0.15, -0.1) is 17.9 Å². The summed E-state index contributed by atoms with van der Waals surface area (Å²) in [7, 11) is 1.65. The summed E-state index contributed by atoms with van der Waals surface area (Å²) in [5.41, 5.74) is 1.85. The molecule has 0 radical (unpaired) electrons. The van der Waals surface area contributed by atoms with Gasteiger partial charge in [0.1, 0.15) is 5.75 Å². The number of ether oxygens (including phenoxy) is 1. The van der Waals surface area contributed by atoms with Crippen molar-refractivity contribution in [3.05, 3.63) is 65.5 Å². The summed E-state index contributed by atoms with van der Waals surface area (Å²) in [4.78, 5) is 5.60. The number of rotatable bonds is 5. The lowest BCUT2D eigenvalue weighted by Gasteiger charge is -2.04. The van der Waals surface area contributed by atoms with Crippen LogP contribution in [0.5, 0.6) is 5.75 Å². The molecule has 0 fully saturated rings. The van der Waals surface area contributed by atoms with E-state index < -0.39 is 0 Å². The van der Waals surface area contributed by atoms with Crippen LogP contribution in [0.4, 0.5) is 5.69 Å². The Kier molecular flexibility index (Phi) is 4.25. The van der Waals surface area contributed by atoms with Crippen LogP contribution in [-0.2, 0) is 6.54 Å². The van der Waals surface area contributed by atoms with Gasteiger partial charge < -0.3 is 13.7 Å². The minimum absolute atomic E-state index is 0.669. The van der Waals surface area contributed by atoms with Gasteiger partial charge in [-0.05, 0) is 24.3 Å². The second-order valence-electron chi connectivity index (χ2n) is 4.59. The zero-order valence-corrected chi connectivity index (χ0v) is 13.0. The van der Waals surface area contributed by atoms with Gasteiger partial charge in [0, 0.05) is 18.0 Å². The van der Waals surface area contributed by atoms with Crippen LogP contribution in [0.15, 0.2) is 70.1 Å². The fourth-order valence-electron chi connectivity index (χ4n) is 2.14. The molecular formula is C17H16N2O2S. The fourth-order valence-corrected chi connectivity index (χ4v) is 3.06. The molecule has 0 aliphatic carbocycles. The van der Waals surface area contributed by atoms with Gasteiger partial charge in [0.2, 0.25) is 0 Å². The summed E-state index contributed by atoms with van der Waals surface area (Å²) in [6.07, 6.45) is 3.52. The predicted octanol–water partition coefficient (Wildman–Crippen LogP) is 4.24. The van der Waals surface area contributed by atoms with Gasteiger partial charge >= 0.3 is 0 Å². The summed E-state index contributed by atoms with van der Waals surface area (Å²) >= 11 is 1.57. The van der Waals surface area contributed by atoms with E-state index in [-0.39, 0.29) is 0 Å². The highest BCUT2D eigenvalue weighted by molar-refractivity contribution is 7.07. The van der Waals surface area contributed by atoms with E-state index in [1.807, 2.05) is 47.9 Å². The van der Waals surface area contributed by atoms with Crippen molar-refractivity contribution in [3.63, 3.8) is 0 Å². The molecule has 3 rings (SSSR count). The first kappa shape index (κ1) is 14.4. The number of methoxy groups -OCH3 is 1. The third-order valence-electron chi connectivity index (χ3n) is 3.16. The maximum absolute atomic E-state index is 5.50. The highest BCUT2D eigenvalue weighted by Gasteiger charge is 2.09. The predicted molar refractivity (Wildman–Crippen MR) is 88.4 cm³/mol. The molecule has 0 spiro atoms. The largest absolute Gasteiger partial charge is 0.497 e. The van der Waals surface area contributed by atoms with E-state index in [1.54, 1.807) is 24.7 Å². The Morgan fingerprint density at radius 1 is 1.36 bits per heavy atom. The monoisotopic (exact) mass is 312 g/mol. The molecule has 1 aromatic carbocycles. The van der Waals surface area contributed by atoms with Crippen LogP contribution in [0.25, 0.3) is 11.5 Å². The first-order chi connectivity index (χ1) is 10.8. The van der Waals surface area contributed by atoms with Crippen LogP contribution in [0.3, 0.4) is 0 Å². The van der Waals surface area contributed by atoms with Gasteiger partial charge in [0.25, 0.3) is 0 Å². The van der Waals surface area contributed by atoms with Crippen LogP contribution >= 0.6 is 11.3 Å². The molecular weight excluding hydrogens is 296 g/mol. The quantitative estimate of drug-likeness (QED) is 0.661. The highest BCUT2D eigenvalue weighted by Crippen LogP contribution is 2.22. The topological polar surface area (TPSA) is 39.7 Å². The summed E-state index contributed by atoms with van der Waals surface area (Å²) in [6, 6.07) is 11.5. The standard InChI is InChI=1S/C17H16N2O2S/c1-3-9-19-15(16-8-5-10-21-16)12-22-17(19)18-13-6-4-7-14(11-13)20-2/h3-8,10-12H,1,9H2,2H3. The average molecular weight is 312 g/mol. The van der Waals surface area contributed by atoms with Crippen LogP contribution < -0.4 is 9.54 Å². The van der Waals surface area contributed by atoms with Crippen molar-refractivity contribution in [2.45, 2.75) is 6.54 Å². The molecule has 5 heteroatoms. The van der Waals surface area contributed by atoms with Crippen molar-refractivity contribution in [1.29, 1.82) is 0 Å². The highest BCUT2D eigenvalue weighted by atomic mass is 32.1. The molecule has 22 heavy (non-hydrogen) atoms. The number of thiazole rings is 1. The Morgan fingerprint density at radius 2 is 2.27 bits per heavy atom. The zero-order chi connectivity index (χ0) is 15.4.